The number of methoxy groups -OCH3 is 1. The quantitative estimate of drug-likeness (QED) is 0.661. The lowest BCUT2D eigenvalue weighted by Crippen LogP contribution is -2.57. The van der Waals surface area contributed by atoms with Gasteiger partial charge in [0, 0.05) is 5.69 Å². The standard InChI is InChI=1S/C18H20N2O3S/c1-23-17(22)18(6-8-24-9-7-18)20-16(21)14-10-12-4-2-3-5-13(12)11-15(14)19/h2-5,10-11H,6-9,19H2,1H3,(H,20,21). The molecule has 3 rings (SSSR count). The van der Waals surface area contributed by atoms with Crippen molar-refractivity contribution in [3.05, 3.63) is 42.0 Å². The summed E-state index contributed by atoms with van der Waals surface area (Å²) < 4.78 is 4.94. The lowest BCUT2D eigenvalue weighted by molar-refractivity contribution is -0.148. The van der Waals surface area contributed by atoms with Gasteiger partial charge in [-0.25, -0.2) is 4.79 Å². The topological polar surface area (TPSA) is 81.4 Å². The van der Waals surface area contributed by atoms with E-state index in [2.05, 4.69) is 5.32 Å². The summed E-state index contributed by atoms with van der Waals surface area (Å²) in [6.45, 7) is 0. The van der Waals surface area contributed by atoms with Crippen LogP contribution in [0, 0.1) is 0 Å². The number of carbonyl (C=O) groups is 2. The Labute approximate surface area is 144 Å². The number of hydrogen-bond acceptors (Lipinski definition) is 5. The summed E-state index contributed by atoms with van der Waals surface area (Å²) >= 11 is 1.77. The van der Waals surface area contributed by atoms with E-state index in [1.54, 1.807) is 23.9 Å². The van der Waals surface area contributed by atoms with E-state index < -0.39 is 11.5 Å². The third-order valence-electron chi connectivity index (χ3n) is 4.44. The summed E-state index contributed by atoms with van der Waals surface area (Å²) in [7, 11) is 1.35. The van der Waals surface area contributed by atoms with Crippen molar-refractivity contribution < 1.29 is 14.3 Å². The molecule has 1 aliphatic heterocycles. The normalized spacial score (nSPS) is 16.5. The summed E-state index contributed by atoms with van der Waals surface area (Å²) in [5.74, 6) is 0.886. The first-order valence-electron chi connectivity index (χ1n) is 7.83. The molecule has 1 amide bonds. The molecular weight excluding hydrogens is 324 g/mol. The van der Waals surface area contributed by atoms with Gasteiger partial charge < -0.3 is 15.8 Å². The lowest BCUT2D eigenvalue weighted by Gasteiger charge is -2.35. The SMILES string of the molecule is COC(=O)C1(NC(=O)c2cc3ccccc3cc2N)CCSCC1. The number of benzene rings is 2. The first-order chi connectivity index (χ1) is 11.6. The minimum Gasteiger partial charge on any atom is -0.467 e. The Morgan fingerprint density at radius 1 is 1.17 bits per heavy atom. The molecule has 1 aliphatic rings. The van der Waals surface area contributed by atoms with Crippen LogP contribution in [0.3, 0.4) is 0 Å². The van der Waals surface area contributed by atoms with Crippen molar-refractivity contribution in [2.24, 2.45) is 0 Å². The van der Waals surface area contributed by atoms with Crippen molar-refractivity contribution in [3.63, 3.8) is 0 Å². The van der Waals surface area contributed by atoms with Crippen LogP contribution >= 0.6 is 11.8 Å². The highest BCUT2D eigenvalue weighted by Gasteiger charge is 2.42. The maximum atomic E-state index is 12.8. The van der Waals surface area contributed by atoms with Crippen LogP contribution in [0.15, 0.2) is 36.4 Å². The Kier molecular flexibility index (Phi) is 4.66. The van der Waals surface area contributed by atoms with Crippen LogP contribution in [-0.2, 0) is 9.53 Å². The third kappa shape index (κ3) is 3.06. The molecule has 24 heavy (non-hydrogen) atoms. The summed E-state index contributed by atoms with van der Waals surface area (Å²) in [6, 6.07) is 11.3. The van der Waals surface area contributed by atoms with Gasteiger partial charge in [0.25, 0.3) is 5.91 Å². The highest BCUT2D eigenvalue weighted by Crippen LogP contribution is 2.29. The van der Waals surface area contributed by atoms with E-state index in [0.29, 0.717) is 24.1 Å². The van der Waals surface area contributed by atoms with E-state index in [1.165, 1.54) is 7.11 Å². The number of fused-ring (bicyclic) bond motifs is 1. The van der Waals surface area contributed by atoms with E-state index in [1.807, 2.05) is 24.3 Å². The van der Waals surface area contributed by atoms with Gasteiger partial charge in [-0.2, -0.15) is 11.8 Å². The molecule has 5 nitrogen and oxygen atoms in total. The smallest absolute Gasteiger partial charge is 0.331 e. The maximum absolute atomic E-state index is 12.8. The first-order valence-corrected chi connectivity index (χ1v) is 8.98. The van der Waals surface area contributed by atoms with Gasteiger partial charge in [0.05, 0.1) is 12.7 Å². The molecule has 0 aliphatic carbocycles. The highest BCUT2D eigenvalue weighted by molar-refractivity contribution is 7.99. The molecule has 0 bridgehead atoms. The van der Waals surface area contributed by atoms with Crippen molar-refractivity contribution in [2.45, 2.75) is 18.4 Å². The second kappa shape index (κ2) is 6.73. The second-order valence-electron chi connectivity index (χ2n) is 5.93. The van der Waals surface area contributed by atoms with Gasteiger partial charge in [-0.3, -0.25) is 4.79 Å². The lowest BCUT2D eigenvalue weighted by atomic mass is 9.91. The van der Waals surface area contributed by atoms with Crippen LogP contribution in [-0.4, -0.2) is 36.0 Å². The number of amides is 1. The number of nitrogen functional groups attached to an aromatic ring is 1. The van der Waals surface area contributed by atoms with Crippen LogP contribution in [0.1, 0.15) is 23.2 Å². The second-order valence-corrected chi connectivity index (χ2v) is 7.15. The monoisotopic (exact) mass is 344 g/mol. The number of nitrogens with one attached hydrogen (secondary N) is 1. The molecule has 126 valence electrons. The summed E-state index contributed by atoms with van der Waals surface area (Å²) in [4.78, 5) is 25.1. The Bertz CT molecular complexity index is 785. The fraction of sp³-hybridized carbons (Fsp3) is 0.333. The maximum Gasteiger partial charge on any atom is 0.331 e. The van der Waals surface area contributed by atoms with Crippen LogP contribution in [0.25, 0.3) is 10.8 Å². The van der Waals surface area contributed by atoms with Gasteiger partial charge in [0.15, 0.2) is 0 Å². The largest absolute Gasteiger partial charge is 0.467 e. The molecule has 1 saturated heterocycles. The summed E-state index contributed by atoms with van der Waals surface area (Å²) in [5, 5.41) is 4.81. The molecule has 1 heterocycles. The number of thioether (sulfide) groups is 1. The summed E-state index contributed by atoms with van der Waals surface area (Å²) in [6.07, 6.45) is 1.12. The molecule has 2 aromatic rings. The molecule has 0 saturated carbocycles. The molecular formula is C18H20N2O3S. The average molecular weight is 344 g/mol. The zero-order valence-corrected chi connectivity index (χ0v) is 14.3. The average Bonchev–Trinajstić information content (AvgIpc) is 2.61. The molecule has 0 radical (unpaired) electrons. The van der Waals surface area contributed by atoms with Crippen molar-refractivity contribution in [1.29, 1.82) is 0 Å². The van der Waals surface area contributed by atoms with Gasteiger partial charge in [-0.05, 0) is 47.3 Å². The fourth-order valence-corrected chi connectivity index (χ4v) is 4.22. The van der Waals surface area contributed by atoms with Crippen molar-refractivity contribution >= 4 is 40.1 Å². The third-order valence-corrected chi connectivity index (χ3v) is 5.42. The minimum atomic E-state index is -0.963. The number of anilines is 1. The zero-order chi connectivity index (χ0) is 17.2. The molecule has 0 unspecified atom stereocenters. The Hall–Kier alpha value is -2.21. The number of rotatable bonds is 3. The van der Waals surface area contributed by atoms with Gasteiger partial charge >= 0.3 is 5.97 Å². The minimum absolute atomic E-state index is 0.337. The molecule has 0 spiro atoms. The van der Waals surface area contributed by atoms with E-state index in [4.69, 9.17) is 10.5 Å². The van der Waals surface area contributed by atoms with Crippen LogP contribution in [0.2, 0.25) is 0 Å². The van der Waals surface area contributed by atoms with Gasteiger partial charge in [0.1, 0.15) is 5.54 Å². The number of hydrogen-bond donors (Lipinski definition) is 2. The predicted octanol–water partition coefficient (Wildman–Crippen LogP) is 2.59. The zero-order valence-electron chi connectivity index (χ0n) is 13.5. The number of nitrogens with two attached hydrogens (primary N) is 1. The molecule has 1 fully saturated rings. The molecule has 6 heteroatoms. The van der Waals surface area contributed by atoms with Gasteiger partial charge in [-0.15, -0.1) is 0 Å². The molecule has 2 aromatic carbocycles. The van der Waals surface area contributed by atoms with E-state index in [0.717, 1.165) is 22.3 Å². The number of carbonyl (C=O) groups excluding carboxylic acids is 2. The van der Waals surface area contributed by atoms with Crippen LogP contribution < -0.4 is 11.1 Å². The van der Waals surface area contributed by atoms with Gasteiger partial charge in [-0.1, -0.05) is 24.3 Å². The van der Waals surface area contributed by atoms with Gasteiger partial charge in [0.2, 0.25) is 0 Å². The predicted molar refractivity (Wildman–Crippen MR) is 97.1 cm³/mol. The number of esters is 1. The molecule has 0 aromatic heterocycles. The first kappa shape index (κ1) is 16.6. The molecule has 3 N–H and O–H groups in total. The number of ether oxygens (including phenoxy) is 1. The molecule has 0 atom stereocenters. The fourth-order valence-electron chi connectivity index (χ4n) is 3.03. The Morgan fingerprint density at radius 2 is 1.79 bits per heavy atom. The summed E-state index contributed by atoms with van der Waals surface area (Å²) in [5.41, 5.74) is 5.88. The van der Waals surface area contributed by atoms with Crippen LogP contribution in [0.5, 0.6) is 0 Å². The Morgan fingerprint density at radius 3 is 2.42 bits per heavy atom. The van der Waals surface area contributed by atoms with E-state index in [-0.39, 0.29) is 5.91 Å². The van der Waals surface area contributed by atoms with E-state index >= 15 is 0 Å². The Balaban J connectivity index is 1.93. The van der Waals surface area contributed by atoms with Crippen LogP contribution in [0.4, 0.5) is 5.69 Å². The van der Waals surface area contributed by atoms with E-state index in [9.17, 15) is 9.59 Å². The van der Waals surface area contributed by atoms with Crippen molar-refractivity contribution in [2.75, 3.05) is 24.3 Å². The van der Waals surface area contributed by atoms with Crippen molar-refractivity contribution in [1.82, 2.24) is 5.32 Å². The van der Waals surface area contributed by atoms with Crippen molar-refractivity contribution in [3.8, 4) is 0 Å². The highest BCUT2D eigenvalue weighted by atomic mass is 32.2.